The van der Waals surface area contributed by atoms with Crippen LogP contribution in [0.4, 0.5) is 0 Å². The molecule has 0 spiro atoms. The van der Waals surface area contributed by atoms with Crippen molar-refractivity contribution in [2.75, 3.05) is 13.1 Å². The van der Waals surface area contributed by atoms with Gasteiger partial charge < -0.3 is 10.6 Å². The number of carbonyl (C=O) groups excluding carboxylic acids is 1. The Morgan fingerprint density at radius 2 is 1.86 bits per heavy atom. The summed E-state index contributed by atoms with van der Waals surface area (Å²) >= 11 is 0. The standard InChI is InChI=1S/C14H23N3O3S/c1-3-9-16-12(4-2)10-17-14(18)11-5-7-13(8-6-11)21(15,19)20/h5-8,12,16H,3-4,9-10H2,1-2H3,(H,17,18)(H2,15,19,20). The maximum atomic E-state index is 12.0. The molecule has 1 aromatic rings. The van der Waals surface area contributed by atoms with Crippen LogP contribution in [0.3, 0.4) is 0 Å². The minimum atomic E-state index is -3.73. The summed E-state index contributed by atoms with van der Waals surface area (Å²) in [6.07, 6.45) is 1.96. The highest BCUT2D eigenvalue weighted by atomic mass is 32.2. The van der Waals surface area contributed by atoms with Crippen molar-refractivity contribution in [3.05, 3.63) is 29.8 Å². The van der Waals surface area contributed by atoms with E-state index in [2.05, 4.69) is 24.5 Å². The number of amides is 1. The van der Waals surface area contributed by atoms with E-state index < -0.39 is 10.0 Å². The van der Waals surface area contributed by atoms with Gasteiger partial charge in [0, 0.05) is 18.2 Å². The average Bonchev–Trinajstić information content (AvgIpc) is 2.46. The van der Waals surface area contributed by atoms with E-state index in [0.29, 0.717) is 12.1 Å². The lowest BCUT2D eigenvalue weighted by Crippen LogP contribution is -2.40. The third-order valence-corrected chi connectivity index (χ3v) is 4.06. The lowest BCUT2D eigenvalue weighted by molar-refractivity contribution is 0.0949. The summed E-state index contributed by atoms with van der Waals surface area (Å²) in [7, 11) is -3.73. The Morgan fingerprint density at radius 3 is 2.33 bits per heavy atom. The second-order valence-electron chi connectivity index (χ2n) is 4.84. The quantitative estimate of drug-likeness (QED) is 0.662. The fourth-order valence-corrected chi connectivity index (χ4v) is 2.34. The van der Waals surface area contributed by atoms with Crippen molar-refractivity contribution < 1.29 is 13.2 Å². The molecule has 1 amide bonds. The highest BCUT2D eigenvalue weighted by Crippen LogP contribution is 2.08. The van der Waals surface area contributed by atoms with Crippen molar-refractivity contribution in [3.8, 4) is 0 Å². The molecule has 6 nitrogen and oxygen atoms in total. The predicted molar refractivity (Wildman–Crippen MR) is 82.5 cm³/mol. The monoisotopic (exact) mass is 313 g/mol. The third-order valence-electron chi connectivity index (χ3n) is 3.13. The summed E-state index contributed by atoms with van der Waals surface area (Å²) in [6, 6.07) is 5.80. The zero-order valence-electron chi connectivity index (χ0n) is 12.4. The Balaban J connectivity index is 2.59. The minimum absolute atomic E-state index is 0.00454. The molecule has 1 unspecified atom stereocenters. The first-order chi connectivity index (χ1) is 9.88. The molecule has 21 heavy (non-hydrogen) atoms. The van der Waals surface area contributed by atoms with E-state index in [4.69, 9.17) is 5.14 Å². The molecule has 0 fully saturated rings. The zero-order chi connectivity index (χ0) is 15.9. The fraction of sp³-hybridized carbons (Fsp3) is 0.500. The summed E-state index contributed by atoms with van der Waals surface area (Å²) in [5, 5.41) is 11.2. The number of nitrogens with one attached hydrogen (secondary N) is 2. The first-order valence-electron chi connectivity index (χ1n) is 7.03. The van der Waals surface area contributed by atoms with Gasteiger partial charge in [0.1, 0.15) is 0 Å². The number of nitrogens with two attached hydrogens (primary N) is 1. The Kier molecular flexibility index (Phi) is 6.80. The van der Waals surface area contributed by atoms with Gasteiger partial charge in [-0.1, -0.05) is 13.8 Å². The lowest BCUT2D eigenvalue weighted by Gasteiger charge is -2.17. The normalized spacial score (nSPS) is 12.9. The molecule has 0 aliphatic carbocycles. The maximum absolute atomic E-state index is 12.0. The van der Waals surface area contributed by atoms with Gasteiger partial charge >= 0.3 is 0 Å². The summed E-state index contributed by atoms with van der Waals surface area (Å²) in [5.41, 5.74) is 0.410. The van der Waals surface area contributed by atoms with Gasteiger partial charge in [-0.3, -0.25) is 4.79 Å². The number of hydrogen-bond donors (Lipinski definition) is 3. The van der Waals surface area contributed by atoms with Crippen LogP contribution in [0.1, 0.15) is 37.0 Å². The molecule has 4 N–H and O–H groups in total. The van der Waals surface area contributed by atoms with Crippen molar-refractivity contribution in [2.45, 2.75) is 37.6 Å². The van der Waals surface area contributed by atoms with Crippen molar-refractivity contribution in [1.82, 2.24) is 10.6 Å². The second-order valence-corrected chi connectivity index (χ2v) is 6.40. The van der Waals surface area contributed by atoms with Crippen LogP contribution in [0.5, 0.6) is 0 Å². The highest BCUT2D eigenvalue weighted by Gasteiger charge is 2.11. The van der Waals surface area contributed by atoms with Crippen LogP contribution in [0.15, 0.2) is 29.2 Å². The minimum Gasteiger partial charge on any atom is -0.350 e. The summed E-state index contributed by atoms with van der Waals surface area (Å²) < 4.78 is 22.3. The number of carbonyl (C=O) groups is 1. The van der Waals surface area contributed by atoms with Gasteiger partial charge in [-0.05, 0) is 43.7 Å². The van der Waals surface area contributed by atoms with E-state index in [9.17, 15) is 13.2 Å². The molecular weight excluding hydrogens is 290 g/mol. The van der Waals surface area contributed by atoms with Gasteiger partial charge in [-0.2, -0.15) is 0 Å². The molecule has 0 bridgehead atoms. The van der Waals surface area contributed by atoms with E-state index in [0.717, 1.165) is 19.4 Å². The van der Waals surface area contributed by atoms with Crippen LogP contribution in [0.2, 0.25) is 0 Å². The number of sulfonamides is 1. The number of primary sulfonamides is 1. The first kappa shape index (κ1) is 17.6. The third kappa shape index (κ3) is 5.82. The molecule has 1 rings (SSSR count). The first-order valence-corrected chi connectivity index (χ1v) is 8.57. The maximum Gasteiger partial charge on any atom is 0.251 e. The molecule has 0 aromatic heterocycles. The van der Waals surface area contributed by atoms with Crippen molar-refractivity contribution in [2.24, 2.45) is 5.14 Å². The predicted octanol–water partition coefficient (Wildman–Crippen LogP) is 0.842. The largest absolute Gasteiger partial charge is 0.350 e. The van der Waals surface area contributed by atoms with Gasteiger partial charge in [0.05, 0.1) is 4.90 Å². The molecule has 1 aromatic carbocycles. The van der Waals surface area contributed by atoms with E-state index in [1.165, 1.54) is 24.3 Å². The molecule has 0 aliphatic rings. The van der Waals surface area contributed by atoms with Gasteiger partial charge in [0.2, 0.25) is 10.0 Å². The van der Waals surface area contributed by atoms with Crippen molar-refractivity contribution in [3.63, 3.8) is 0 Å². The lowest BCUT2D eigenvalue weighted by atomic mass is 10.2. The Bertz CT molecular complexity index is 555. The van der Waals surface area contributed by atoms with E-state index >= 15 is 0 Å². The van der Waals surface area contributed by atoms with E-state index in [-0.39, 0.29) is 16.8 Å². The Labute approximate surface area is 126 Å². The molecule has 0 saturated carbocycles. The van der Waals surface area contributed by atoms with E-state index in [1.807, 2.05) is 0 Å². The zero-order valence-corrected chi connectivity index (χ0v) is 13.2. The van der Waals surface area contributed by atoms with Crippen LogP contribution < -0.4 is 15.8 Å². The summed E-state index contributed by atoms with van der Waals surface area (Å²) in [4.78, 5) is 12.0. The van der Waals surface area contributed by atoms with Crippen LogP contribution >= 0.6 is 0 Å². The van der Waals surface area contributed by atoms with Crippen LogP contribution in [-0.2, 0) is 10.0 Å². The molecular formula is C14H23N3O3S. The molecule has 1 atom stereocenters. The molecule has 0 aliphatic heterocycles. The molecule has 7 heteroatoms. The second kappa shape index (κ2) is 8.11. The van der Waals surface area contributed by atoms with Crippen LogP contribution in [0.25, 0.3) is 0 Å². The summed E-state index contributed by atoms with van der Waals surface area (Å²) in [6.45, 7) is 5.59. The average molecular weight is 313 g/mol. The highest BCUT2D eigenvalue weighted by molar-refractivity contribution is 7.89. The van der Waals surface area contributed by atoms with Gasteiger partial charge in [0.15, 0.2) is 0 Å². The molecule has 0 heterocycles. The van der Waals surface area contributed by atoms with Crippen molar-refractivity contribution in [1.29, 1.82) is 0 Å². The number of hydrogen-bond acceptors (Lipinski definition) is 4. The van der Waals surface area contributed by atoms with Crippen molar-refractivity contribution >= 4 is 15.9 Å². The fourth-order valence-electron chi connectivity index (χ4n) is 1.82. The SMILES string of the molecule is CCCNC(CC)CNC(=O)c1ccc(S(N)(=O)=O)cc1. The van der Waals surface area contributed by atoms with Crippen LogP contribution in [-0.4, -0.2) is 33.5 Å². The number of benzene rings is 1. The van der Waals surface area contributed by atoms with E-state index in [1.54, 1.807) is 0 Å². The Hall–Kier alpha value is -1.44. The van der Waals surface area contributed by atoms with Crippen LogP contribution in [0, 0.1) is 0 Å². The molecule has 118 valence electrons. The summed E-state index contributed by atoms with van der Waals surface area (Å²) in [5.74, 6) is -0.229. The van der Waals surface area contributed by atoms with Gasteiger partial charge in [-0.15, -0.1) is 0 Å². The molecule has 0 saturated heterocycles. The Morgan fingerprint density at radius 1 is 1.24 bits per heavy atom. The topological polar surface area (TPSA) is 101 Å². The van der Waals surface area contributed by atoms with Gasteiger partial charge in [0.25, 0.3) is 5.91 Å². The van der Waals surface area contributed by atoms with Gasteiger partial charge in [-0.25, -0.2) is 13.6 Å². The molecule has 0 radical (unpaired) electrons. The smallest absolute Gasteiger partial charge is 0.251 e. The number of rotatable bonds is 8.